The number of nitrogens with zero attached hydrogens (tertiary/aromatic N) is 1. The number of aryl methyl sites for hydroxylation is 1. The van der Waals surface area contributed by atoms with Crippen molar-refractivity contribution in [3.8, 4) is 0 Å². The summed E-state index contributed by atoms with van der Waals surface area (Å²) >= 11 is 0. The first kappa shape index (κ1) is 19.1. The van der Waals surface area contributed by atoms with Crippen LogP contribution in [0.2, 0.25) is 0 Å². The van der Waals surface area contributed by atoms with Gasteiger partial charge in [0.15, 0.2) is 0 Å². The van der Waals surface area contributed by atoms with E-state index in [0.29, 0.717) is 18.8 Å². The zero-order chi connectivity index (χ0) is 19.2. The number of nitrogen functional groups attached to an aromatic ring is 1. The summed E-state index contributed by atoms with van der Waals surface area (Å²) < 4.78 is 13.9. The van der Waals surface area contributed by atoms with Gasteiger partial charge in [0.1, 0.15) is 11.7 Å². The maximum atomic E-state index is 13.9. The minimum atomic E-state index is -0.505. The zero-order valence-electron chi connectivity index (χ0n) is 15.5. The van der Waals surface area contributed by atoms with Crippen LogP contribution in [0.5, 0.6) is 0 Å². The standard InChI is InChI=1S/C22H26FN3O/c23-20-15-17(6-8-19(20)22(24)25)7-9-21(27)26-12-10-18(11-13-26)14-16-4-2-1-3-5-16/h1-6,8,15,18H,7,9-14H2,(H3,24,25). The average Bonchev–Trinajstić information content (AvgIpc) is 2.67. The van der Waals surface area contributed by atoms with Gasteiger partial charge in [0.2, 0.25) is 5.91 Å². The summed E-state index contributed by atoms with van der Waals surface area (Å²) in [7, 11) is 0. The van der Waals surface area contributed by atoms with Gasteiger partial charge in [0.25, 0.3) is 0 Å². The Morgan fingerprint density at radius 1 is 1.11 bits per heavy atom. The Morgan fingerprint density at radius 3 is 2.44 bits per heavy atom. The van der Waals surface area contributed by atoms with E-state index in [-0.39, 0.29) is 17.3 Å². The van der Waals surface area contributed by atoms with Gasteiger partial charge in [0.05, 0.1) is 5.56 Å². The van der Waals surface area contributed by atoms with Crippen molar-refractivity contribution in [2.45, 2.75) is 32.1 Å². The van der Waals surface area contributed by atoms with Crippen LogP contribution in [0.3, 0.4) is 0 Å². The van der Waals surface area contributed by atoms with Gasteiger partial charge in [-0.1, -0.05) is 36.4 Å². The van der Waals surface area contributed by atoms with E-state index < -0.39 is 5.82 Å². The monoisotopic (exact) mass is 367 g/mol. The molecule has 3 N–H and O–H groups in total. The van der Waals surface area contributed by atoms with E-state index in [0.717, 1.165) is 37.9 Å². The predicted molar refractivity (Wildman–Crippen MR) is 105 cm³/mol. The molecule has 1 heterocycles. The highest BCUT2D eigenvalue weighted by atomic mass is 19.1. The maximum Gasteiger partial charge on any atom is 0.222 e. The lowest BCUT2D eigenvalue weighted by Gasteiger charge is -2.32. The van der Waals surface area contributed by atoms with Crippen LogP contribution >= 0.6 is 0 Å². The minimum absolute atomic E-state index is 0.102. The van der Waals surface area contributed by atoms with Gasteiger partial charge in [-0.3, -0.25) is 10.2 Å². The van der Waals surface area contributed by atoms with E-state index in [9.17, 15) is 9.18 Å². The predicted octanol–water partition coefficient (Wildman–Crippen LogP) is 3.52. The second-order valence-corrected chi connectivity index (χ2v) is 7.24. The number of halogens is 1. The average molecular weight is 367 g/mol. The number of amides is 1. The Bertz CT molecular complexity index is 798. The molecule has 0 bridgehead atoms. The third kappa shape index (κ3) is 5.16. The molecule has 4 nitrogen and oxygen atoms in total. The lowest BCUT2D eigenvalue weighted by Crippen LogP contribution is -2.39. The van der Waals surface area contributed by atoms with Crippen molar-refractivity contribution in [3.05, 3.63) is 71.0 Å². The molecule has 0 spiro atoms. The number of hydrogen-bond donors (Lipinski definition) is 2. The van der Waals surface area contributed by atoms with Gasteiger partial charge >= 0.3 is 0 Å². The van der Waals surface area contributed by atoms with E-state index in [4.69, 9.17) is 11.1 Å². The molecule has 0 atom stereocenters. The second-order valence-electron chi connectivity index (χ2n) is 7.24. The fourth-order valence-electron chi connectivity index (χ4n) is 3.68. The molecule has 0 saturated carbocycles. The first-order chi connectivity index (χ1) is 13.0. The van der Waals surface area contributed by atoms with Gasteiger partial charge in [-0.25, -0.2) is 4.39 Å². The number of nitrogens with one attached hydrogen (secondary N) is 1. The Labute approximate surface area is 159 Å². The number of rotatable bonds is 6. The molecule has 2 aromatic rings. The molecule has 1 saturated heterocycles. The summed E-state index contributed by atoms with van der Waals surface area (Å²) in [5.74, 6) is -0.0310. The molecule has 27 heavy (non-hydrogen) atoms. The lowest BCUT2D eigenvalue weighted by molar-refractivity contribution is -0.132. The Hall–Kier alpha value is -2.69. The van der Waals surface area contributed by atoms with Crippen LogP contribution in [0, 0.1) is 17.1 Å². The van der Waals surface area contributed by atoms with Crippen molar-refractivity contribution in [3.63, 3.8) is 0 Å². The molecular weight excluding hydrogens is 341 g/mol. The molecule has 1 amide bonds. The lowest BCUT2D eigenvalue weighted by atomic mass is 9.90. The first-order valence-electron chi connectivity index (χ1n) is 9.47. The number of carbonyl (C=O) groups excluding carboxylic acids is 1. The summed E-state index contributed by atoms with van der Waals surface area (Å²) in [5.41, 5.74) is 7.54. The third-order valence-corrected chi connectivity index (χ3v) is 5.29. The quantitative estimate of drug-likeness (QED) is 0.606. The van der Waals surface area contributed by atoms with Crippen molar-refractivity contribution in [1.29, 1.82) is 5.41 Å². The van der Waals surface area contributed by atoms with E-state index in [1.54, 1.807) is 6.07 Å². The summed E-state index contributed by atoms with van der Waals surface area (Å²) in [6.07, 6.45) is 4.01. The molecule has 0 radical (unpaired) electrons. The number of hydrogen-bond acceptors (Lipinski definition) is 2. The number of likely N-dealkylation sites (tertiary alicyclic amines) is 1. The highest BCUT2D eigenvalue weighted by Crippen LogP contribution is 2.22. The summed E-state index contributed by atoms with van der Waals surface area (Å²) in [6, 6.07) is 15.1. The van der Waals surface area contributed by atoms with Gasteiger partial charge in [-0.2, -0.15) is 0 Å². The highest BCUT2D eigenvalue weighted by molar-refractivity contribution is 5.95. The highest BCUT2D eigenvalue weighted by Gasteiger charge is 2.22. The maximum absolute atomic E-state index is 13.9. The normalized spacial score (nSPS) is 14.9. The van der Waals surface area contributed by atoms with Crippen LogP contribution in [0.25, 0.3) is 0 Å². The molecule has 0 aliphatic carbocycles. The molecule has 1 aliphatic heterocycles. The number of nitrogens with two attached hydrogens (primary N) is 1. The molecule has 2 aromatic carbocycles. The minimum Gasteiger partial charge on any atom is -0.384 e. The van der Waals surface area contributed by atoms with Gasteiger partial charge in [0, 0.05) is 19.5 Å². The van der Waals surface area contributed by atoms with Gasteiger partial charge < -0.3 is 10.6 Å². The number of piperidine rings is 1. The van der Waals surface area contributed by atoms with E-state index in [1.165, 1.54) is 17.7 Å². The summed E-state index contributed by atoms with van der Waals surface area (Å²) in [6.45, 7) is 1.60. The van der Waals surface area contributed by atoms with Crippen molar-refractivity contribution in [2.24, 2.45) is 11.7 Å². The van der Waals surface area contributed by atoms with Crippen LogP contribution < -0.4 is 5.73 Å². The summed E-state index contributed by atoms with van der Waals surface area (Å²) in [5, 5.41) is 7.31. The third-order valence-electron chi connectivity index (χ3n) is 5.29. The van der Waals surface area contributed by atoms with E-state index >= 15 is 0 Å². The molecule has 1 aliphatic rings. The van der Waals surface area contributed by atoms with Crippen molar-refractivity contribution in [1.82, 2.24) is 4.90 Å². The molecule has 1 fully saturated rings. The molecule has 3 rings (SSSR count). The van der Waals surface area contributed by atoms with Crippen LogP contribution in [0.4, 0.5) is 4.39 Å². The Balaban J connectivity index is 1.46. The number of benzene rings is 2. The SMILES string of the molecule is N=C(N)c1ccc(CCC(=O)N2CCC(Cc3ccccc3)CC2)cc1F. The van der Waals surface area contributed by atoms with Crippen LogP contribution in [-0.2, 0) is 17.6 Å². The van der Waals surface area contributed by atoms with E-state index in [1.807, 2.05) is 11.0 Å². The second kappa shape index (κ2) is 8.80. The van der Waals surface area contributed by atoms with Crippen molar-refractivity contribution in [2.75, 3.05) is 13.1 Å². The smallest absolute Gasteiger partial charge is 0.222 e. The van der Waals surface area contributed by atoms with Crippen LogP contribution in [0.1, 0.15) is 36.0 Å². The zero-order valence-corrected chi connectivity index (χ0v) is 15.5. The molecule has 5 heteroatoms. The van der Waals surface area contributed by atoms with Crippen LogP contribution in [-0.4, -0.2) is 29.7 Å². The number of amidine groups is 1. The van der Waals surface area contributed by atoms with Gasteiger partial charge in [-0.05, 0) is 54.9 Å². The van der Waals surface area contributed by atoms with Crippen molar-refractivity contribution < 1.29 is 9.18 Å². The first-order valence-corrected chi connectivity index (χ1v) is 9.47. The van der Waals surface area contributed by atoms with Crippen LogP contribution in [0.15, 0.2) is 48.5 Å². The molecule has 142 valence electrons. The fraction of sp³-hybridized carbons (Fsp3) is 0.364. The molecule has 0 aromatic heterocycles. The topological polar surface area (TPSA) is 70.2 Å². The Morgan fingerprint density at radius 2 is 1.81 bits per heavy atom. The van der Waals surface area contributed by atoms with Crippen molar-refractivity contribution >= 4 is 11.7 Å². The van der Waals surface area contributed by atoms with E-state index in [2.05, 4.69) is 24.3 Å². The molecule has 0 unspecified atom stereocenters. The largest absolute Gasteiger partial charge is 0.384 e. The Kier molecular flexibility index (Phi) is 6.22. The fourth-order valence-corrected chi connectivity index (χ4v) is 3.68. The summed E-state index contributed by atoms with van der Waals surface area (Å²) in [4.78, 5) is 14.4. The number of carbonyl (C=O) groups is 1. The molecular formula is C22H26FN3O. The van der Waals surface area contributed by atoms with Gasteiger partial charge in [-0.15, -0.1) is 0 Å².